The normalized spacial score (nSPS) is 17.3. The molecule has 1 saturated heterocycles. The molecule has 0 saturated carbocycles. The quantitative estimate of drug-likeness (QED) is 0.681. The smallest absolute Gasteiger partial charge is 0.225 e. The van der Waals surface area contributed by atoms with Gasteiger partial charge in [-0.1, -0.05) is 30.3 Å². The molecular formula is C22H22N4O2S. The lowest BCUT2D eigenvalue weighted by molar-refractivity contribution is -0.129. The van der Waals surface area contributed by atoms with E-state index in [1.54, 1.807) is 17.3 Å². The molecule has 2 aromatic heterocycles. The molecule has 4 rings (SSSR count). The Morgan fingerprint density at radius 1 is 1.24 bits per heavy atom. The van der Waals surface area contributed by atoms with E-state index in [9.17, 15) is 9.59 Å². The van der Waals surface area contributed by atoms with Gasteiger partial charge in [-0.15, -0.1) is 11.3 Å². The maximum atomic E-state index is 12.7. The summed E-state index contributed by atoms with van der Waals surface area (Å²) in [6.07, 6.45) is 3.72. The highest BCUT2D eigenvalue weighted by Gasteiger charge is 2.34. The molecule has 1 aliphatic rings. The summed E-state index contributed by atoms with van der Waals surface area (Å²) in [4.78, 5) is 35.5. The zero-order valence-electron chi connectivity index (χ0n) is 16.1. The van der Waals surface area contributed by atoms with E-state index in [1.165, 1.54) is 11.3 Å². The van der Waals surface area contributed by atoms with Crippen LogP contribution in [0.15, 0.2) is 60.2 Å². The van der Waals surface area contributed by atoms with Crippen LogP contribution in [0.25, 0.3) is 11.3 Å². The Morgan fingerprint density at radius 2 is 2.00 bits per heavy atom. The minimum Gasteiger partial charge on any atom is -0.347 e. The van der Waals surface area contributed by atoms with Crippen LogP contribution in [0.2, 0.25) is 0 Å². The maximum absolute atomic E-state index is 12.7. The van der Waals surface area contributed by atoms with E-state index in [0.29, 0.717) is 13.1 Å². The summed E-state index contributed by atoms with van der Waals surface area (Å²) in [6, 6.07) is 13.5. The van der Waals surface area contributed by atoms with Crippen molar-refractivity contribution in [3.8, 4) is 11.3 Å². The Morgan fingerprint density at radius 3 is 2.76 bits per heavy atom. The van der Waals surface area contributed by atoms with Gasteiger partial charge in [0.1, 0.15) is 5.01 Å². The van der Waals surface area contributed by atoms with Crippen molar-refractivity contribution in [2.45, 2.75) is 25.9 Å². The van der Waals surface area contributed by atoms with E-state index in [2.05, 4.69) is 15.3 Å². The molecule has 0 radical (unpaired) electrons. The van der Waals surface area contributed by atoms with Crippen LogP contribution < -0.4 is 5.32 Å². The SMILES string of the molecule is CC(NC(=O)C1CC(=O)N(Cc2ccccc2)C1)c1nc(-c2ccncc2)cs1. The van der Waals surface area contributed by atoms with Crippen molar-refractivity contribution in [3.63, 3.8) is 0 Å². The van der Waals surface area contributed by atoms with Gasteiger partial charge in [0, 0.05) is 42.8 Å². The molecule has 0 spiro atoms. The van der Waals surface area contributed by atoms with Gasteiger partial charge in [0.25, 0.3) is 0 Å². The molecule has 1 fully saturated rings. The van der Waals surface area contributed by atoms with Crippen molar-refractivity contribution in [2.75, 3.05) is 6.54 Å². The Balaban J connectivity index is 1.36. The third-order valence-electron chi connectivity index (χ3n) is 5.03. The van der Waals surface area contributed by atoms with E-state index in [-0.39, 0.29) is 30.2 Å². The molecule has 1 N–H and O–H groups in total. The molecular weight excluding hydrogens is 384 g/mol. The zero-order chi connectivity index (χ0) is 20.2. The van der Waals surface area contributed by atoms with Crippen LogP contribution in [0.3, 0.4) is 0 Å². The lowest BCUT2D eigenvalue weighted by Crippen LogP contribution is -2.34. The predicted octanol–water partition coefficient (Wildman–Crippen LogP) is 3.43. The van der Waals surface area contributed by atoms with Crippen LogP contribution >= 0.6 is 11.3 Å². The highest BCUT2D eigenvalue weighted by atomic mass is 32.1. The second kappa shape index (κ2) is 8.53. The number of pyridine rings is 1. The van der Waals surface area contributed by atoms with Crippen molar-refractivity contribution in [2.24, 2.45) is 5.92 Å². The topological polar surface area (TPSA) is 75.2 Å². The molecule has 2 amide bonds. The van der Waals surface area contributed by atoms with Crippen LogP contribution in [0.1, 0.15) is 30.0 Å². The molecule has 6 nitrogen and oxygen atoms in total. The van der Waals surface area contributed by atoms with Crippen molar-refractivity contribution < 1.29 is 9.59 Å². The van der Waals surface area contributed by atoms with Gasteiger partial charge in [-0.25, -0.2) is 4.98 Å². The van der Waals surface area contributed by atoms with Gasteiger partial charge in [-0.3, -0.25) is 14.6 Å². The molecule has 2 atom stereocenters. The second-order valence-corrected chi connectivity index (χ2v) is 8.09. The molecule has 1 aliphatic heterocycles. The average Bonchev–Trinajstić information content (AvgIpc) is 3.37. The average molecular weight is 407 g/mol. The largest absolute Gasteiger partial charge is 0.347 e. The maximum Gasteiger partial charge on any atom is 0.225 e. The summed E-state index contributed by atoms with van der Waals surface area (Å²) in [6.45, 7) is 2.92. The second-order valence-electron chi connectivity index (χ2n) is 7.20. The number of nitrogens with one attached hydrogen (secondary N) is 1. The van der Waals surface area contributed by atoms with E-state index < -0.39 is 0 Å². The van der Waals surface area contributed by atoms with Gasteiger partial charge in [0.15, 0.2) is 0 Å². The third-order valence-corrected chi connectivity index (χ3v) is 6.06. The molecule has 0 bridgehead atoms. The van der Waals surface area contributed by atoms with Crippen LogP contribution in [-0.4, -0.2) is 33.2 Å². The number of thiazole rings is 1. The molecule has 148 valence electrons. The summed E-state index contributed by atoms with van der Waals surface area (Å²) < 4.78 is 0. The van der Waals surface area contributed by atoms with Crippen molar-refractivity contribution in [1.29, 1.82) is 0 Å². The highest BCUT2D eigenvalue weighted by molar-refractivity contribution is 7.10. The molecule has 1 aromatic carbocycles. The number of benzene rings is 1. The van der Waals surface area contributed by atoms with Gasteiger partial charge >= 0.3 is 0 Å². The minimum atomic E-state index is -0.326. The number of likely N-dealkylation sites (tertiary alicyclic amines) is 1. The fourth-order valence-electron chi connectivity index (χ4n) is 3.44. The zero-order valence-corrected chi connectivity index (χ0v) is 16.9. The Bertz CT molecular complexity index is 990. The predicted molar refractivity (Wildman–Crippen MR) is 112 cm³/mol. The first kappa shape index (κ1) is 19.3. The number of nitrogens with zero attached hydrogens (tertiary/aromatic N) is 3. The number of hydrogen-bond acceptors (Lipinski definition) is 5. The summed E-state index contributed by atoms with van der Waals surface area (Å²) >= 11 is 1.52. The highest BCUT2D eigenvalue weighted by Crippen LogP contribution is 2.26. The molecule has 3 heterocycles. The number of rotatable bonds is 6. The Hall–Kier alpha value is -3.06. The number of aromatic nitrogens is 2. The summed E-state index contributed by atoms with van der Waals surface area (Å²) in [5.41, 5.74) is 2.94. The summed E-state index contributed by atoms with van der Waals surface area (Å²) in [5.74, 6) is -0.397. The third kappa shape index (κ3) is 4.51. The van der Waals surface area contributed by atoms with Crippen LogP contribution in [0.5, 0.6) is 0 Å². The Kier molecular flexibility index (Phi) is 5.67. The fourth-order valence-corrected chi connectivity index (χ4v) is 4.27. The summed E-state index contributed by atoms with van der Waals surface area (Å²) in [5, 5.41) is 5.85. The van der Waals surface area contributed by atoms with E-state index >= 15 is 0 Å². The fraction of sp³-hybridized carbons (Fsp3) is 0.273. The number of carbonyl (C=O) groups is 2. The van der Waals surface area contributed by atoms with Gasteiger partial charge in [0.05, 0.1) is 17.7 Å². The van der Waals surface area contributed by atoms with Crippen LogP contribution in [-0.2, 0) is 16.1 Å². The first-order valence-electron chi connectivity index (χ1n) is 9.58. The lowest BCUT2D eigenvalue weighted by atomic mass is 10.1. The van der Waals surface area contributed by atoms with E-state index in [1.807, 2.05) is 54.8 Å². The summed E-state index contributed by atoms with van der Waals surface area (Å²) in [7, 11) is 0. The first-order chi connectivity index (χ1) is 14.1. The lowest BCUT2D eigenvalue weighted by Gasteiger charge is -2.18. The standard InChI is InChI=1S/C22H22N4O2S/c1-15(22-25-19(14-29-22)17-7-9-23-10-8-17)24-21(28)18-11-20(27)26(13-18)12-16-5-3-2-4-6-16/h2-10,14-15,18H,11-13H2,1H3,(H,24,28). The minimum absolute atomic E-state index is 0.0240. The van der Waals surface area contributed by atoms with Crippen LogP contribution in [0, 0.1) is 5.92 Å². The first-order valence-corrected chi connectivity index (χ1v) is 10.5. The van der Waals surface area contributed by atoms with Crippen LogP contribution in [0.4, 0.5) is 0 Å². The Labute approximate surface area is 173 Å². The van der Waals surface area contributed by atoms with Gasteiger partial charge in [-0.2, -0.15) is 0 Å². The number of hydrogen-bond donors (Lipinski definition) is 1. The molecule has 3 aromatic rings. The van der Waals surface area contributed by atoms with Gasteiger partial charge < -0.3 is 10.2 Å². The molecule has 7 heteroatoms. The van der Waals surface area contributed by atoms with Crippen molar-refractivity contribution in [1.82, 2.24) is 20.2 Å². The molecule has 29 heavy (non-hydrogen) atoms. The van der Waals surface area contributed by atoms with E-state index in [4.69, 9.17) is 0 Å². The molecule has 0 aliphatic carbocycles. The number of carbonyl (C=O) groups excluding carboxylic acids is 2. The van der Waals surface area contributed by atoms with Gasteiger partial charge in [-0.05, 0) is 24.6 Å². The van der Waals surface area contributed by atoms with Crippen molar-refractivity contribution in [3.05, 3.63) is 70.8 Å². The monoisotopic (exact) mass is 406 g/mol. The number of amides is 2. The van der Waals surface area contributed by atoms with E-state index in [0.717, 1.165) is 21.8 Å². The van der Waals surface area contributed by atoms with Gasteiger partial charge in [0.2, 0.25) is 11.8 Å². The van der Waals surface area contributed by atoms with Crippen molar-refractivity contribution >= 4 is 23.2 Å². The molecule has 2 unspecified atom stereocenters.